The summed E-state index contributed by atoms with van der Waals surface area (Å²) in [6.45, 7) is 1.55. The van der Waals surface area contributed by atoms with Gasteiger partial charge in [0, 0.05) is 12.1 Å². The van der Waals surface area contributed by atoms with E-state index in [1.807, 2.05) is 6.92 Å². The van der Waals surface area contributed by atoms with Gasteiger partial charge in [-0.05, 0) is 62.3 Å². The highest BCUT2D eigenvalue weighted by atomic mass is 32.2. The smallest absolute Gasteiger partial charge is 0.264 e. The molecule has 0 heterocycles. The lowest BCUT2D eigenvalue weighted by molar-refractivity contribution is -0.120. The topological polar surface area (TPSA) is 84.9 Å². The van der Waals surface area contributed by atoms with Crippen molar-refractivity contribution in [2.75, 3.05) is 25.1 Å². The Morgan fingerprint density at radius 2 is 1.81 bits per heavy atom. The van der Waals surface area contributed by atoms with Crippen LogP contribution in [0.1, 0.15) is 31.2 Å². The van der Waals surface area contributed by atoms with Crippen molar-refractivity contribution in [3.8, 4) is 11.5 Å². The Labute approximate surface area is 189 Å². The standard InChI is InChI=1S/C24H30N2O5S/c1-16-4-9-20(10-5-16)32(28,29)26(22-14-19(30-2)8-11-23(22)31-3)15-24(27)25-21-13-17-6-7-18(21)12-17/h4-5,8-11,14,17-18,21H,6-7,12-13,15H2,1-3H3,(H,25,27)/t17-,18-,21+/m1/s1. The fourth-order valence-electron chi connectivity index (χ4n) is 4.93. The lowest BCUT2D eigenvalue weighted by atomic mass is 9.95. The van der Waals surface area contributed by atoms with E-state index in [2.05, 4.69) is 5.32 Å². The second-order valence-corrected chi connectivity index (χ2v) is 10.6. The highest BCUT2D eigenvalue weighted by molar-refractivity contribution is 7.92. The first-order valence-electron chi connectivity index (χ1n) is 10.9. The summed E-state index contributed by atoms with van der Waals surface area (Å²) in [5, 5.41) is 3.09. The van der Waals surface area contributed by atoms with Crippen LogP contribution < -0.4 is 19.1 Å². The molecule has 2 fully saturated rings. The van der Waals surface area contributed by atoms with Gasteiger partial charge >= 0.3 is 0 Å². The highest BCUT2D eigenvalue weighted by Gasteiger charge is 2.40. The number of ether oxygens (including phenoxy) is 2. The number of amides is 1. The molecule has 0 saturated heterocycles. The first-order chi connectivity index (χ1) is 15.3. The van der Waals surface area contributed by atoms with Crippen LogP contribution in [0, 0.1) is 18.8 Å². The van der Waals surface area contributed by atoms with E-state index in [0.29, 0.717) is 23.3 Å². The summed E-state index contributed by atoms with van der Waals surface area (Å²) < 4.78 is 39.2. The van der Waals surface area contributed by atoms with E-state index in [0.717, 1.165) is 29.1 Å². The summed E-state index contributed by atoms with van der Waals surface area (Å²) in [4.78, 5) is 13.2. The van der Waals surface area contributed by atoms with Gasteiger partial charge in [0.2, 0.25) is 5.91 Å². The van der Waals surface area contributed by atoms with Gasteiger partial charge in [-0.2, -0.15) is 0 Å². The molecule has 172 valence electrons. The van der Waals surface area contributed by atoms with Crippen molar-refractivity contribution < 1.29 is 22.7 Å². The van der Waals surface area contributed by atoms with Gasteiger partial charge < -0.3 is 14.8 Å². The van der Waals surface area contributed by atoms with Crippen molar-refractivity contribution in [3.63, 3.8) is 0 Å². The number of rotatable bonds is 8. The summed E-state index contributed by atoms with van der Waals surface area (Å²) in [6, 6.07) is 11.6. The molecule has 0 unspecified atom stereocenters. The third-order valence-electron chi connectivity index (χ3n) is 6.64. The molecule has 32 heavy (non-hydrogen) atoms. The number of methoxy groups -OCH3 is 2. The maximum atomic E-state index is 13.7. The van der Waals surface area contributed by atoms with Crippen LogP contribution in [-0.2, 0) is 14.8 Å². The van der Waals surface area contributed by atoms with E-state index >= 15 is 0 Å². The number of nitrogens with zero attached hydrogens (tertiary/aromatic N) is 1. The predicted molar refractivity (Wildman–Crippen MR) is 123 cm³/mol. The molecule has 2 bridgehead atoms. The van der Waals surface area contributed by atoms with Crippen molar-refractivity contribution in [3.05, 3.63) is 48.0 Å². The van der Waals surface area contributed by atoms with Crippen LogP contribution in [0.3, 0.4) is 0 Å². The molecule has 0 spiro atoms. The lowest BCUT2D eigenvalue weighted by Gasteiger charge is -2.28. The van der Waals surface area contributed by atoms with Gasteiger partial charge in [-0.1, -0.05) is 24.1 Å². The fourth-order valence-corrected chi connectivity index (χ4v) is 6.36. The third-order valence-corrected chi connectivity index (χ3v) is 8.41. The molecule has 2 saturated carbocycles. The number of hydrogen-bond donors (Lipinski definition) is 1. The van der Waals surface area contributed by atoms with Crippen molar-refractivity contribution in [1.82, 2.24) is 5.32 Å². The van der Waals surface area contributed by atoms with Crippen LogP contribution in [0.2, 0.25) is 0 Å². The molecule has 1 amide bonds. The minimum Gasteiger partial charge on any atom is -0.497 e. The molecule has 1 N–H and O–H groups in total. The van der Waals surface area contributed by atoms with Crippen LogP contribution in [0.15, 0.2) is 47.4 Å². The van der Waals surface area contributed by atoms with Crippen molar-refractivity contribution in [1.29, 1.82) is 0 Å². The maximum absolute atomic E-state index is 13.7. The highest BCUT2D eigenvalue weighted by Crippen LogP contribution is 2.44. The Balaban J connectivity index is 1.68. The number of carbonyl (C=O) groups is 1. The van der Waals surface area contributed by atoms with E-state index in [1.54, 1.807) is 42.5 Å². The minimum absolute atomic E-state index is 0.112. The van der Waals surface area contributed by atoms with Gasteiger partial charge in [-0.15, -0.1) is 0 Å². The Hall–Kier alpha value is -2.74. The van der Waals surface area contributed by atoms with Crippen LogP contribution in [0.25, 0.3) is 0 Å². The van der Waals surface area contributed by atoms with Gasteiger partial charge in [0.05, 0.1) is 24.8 Å². The Morgan fingerprint density at radius 1 is 1.06 bits per heavy atom. The van der Waals surface area contributed by atoms with Crippen molar-refractivity contribution in [2.45, 2.75) is 43.5 Å². The molecule has 0 radical (unpaired) electrons. The number of anilines is 1. The molecule has 2 aromatic rings. The number of fused-ring (bicyclic) bond motifs is 2. The summed E-state index contributed by atoms with van der Waals surface area (Å²) in [5.41, 5.74) is 1.21. The lowest BCUT2D eigenvalue weighted by Crippen LogP contribution is -2.46. The molecule has 8 heteroatoms. The zero-order chi connectivity index (χ0) is 22.9. The summed E-state index contributed by atoms with van der Waals surface area (Å²) in [7, 11) is -1.05. The summed E-state index contributed by atoms with van der Waals surface area (Å²) in [6.07, 6.45) is 4.49. The maximum Gasteiger partial charge on any atom is 0.264 e. The molecule has 2 aliphatic rings. The molecule has 7 nitrogen and oxygen atoms in total. The second-order valence-electron chi connectivity index (χ2n) is 8.71. The van der Waals surface area contributed by atoms with Gasteiger partial charge in [0.25, 0.3) is 10.0 Å². The first kappa shape index (κ1) is 22.5. The van der Waals surface area contributed by atoms with E-state index < -0.39 is 10.0 Å². The molecule has 0 aromatic heterocycles. The molecule has 2 aliphatic carbocycles. The minimum atomic E-state index is -4.03. The van der Waals surface area contributed by atoms with Crippen LogP contribution in [0.4, 0.5) is 5.69 Å². The molecule has 3 atom stereocenters. The van der Waals surface area contributed by atoms with Gasteiger partial charge in [0.15, 0.2) is 0 Å². The largest absolute Gasteiger partial charge is 0.497 e. The average molecular weight is 459 g/mol. The monoisotopic (exact) mass is 458 g/mol. The second kappa shape index (κ2) is 9.02. The van der Waals surface area contributed by atoms with Gasteiger partial charge in [0.1, 0.15) is 18.0 Å². The van der Waals surface area contributed by atoms with Crippen LogP contribution in [0.5, 0.6) is 11.5 Å². The van der Waals surface area contributed by atoms with Crippen molar-refractivity contribution in [2.24, 2.45) is 11.8 Å². The van der Waals surface area contributed by atoms with Crippen LogP contribution >= 0.6 is 0 Å². The molecular formula is C24H30N2O5S. The van der Waals surface area contributed by atoms with Crippen molar-refractivity contribution >= 4 is 21.6 Å². The predicted octanol–water partition coefficient (Wildman–Crippen LogP) is 3.51. The Morgan fingerprint density at radius 3 is 2.41 bits per heavy atom. The SMILES string of the molecule is COc1ccc(OC)c(N(CC(=O)N[C@H]2C[C@@H]3CC[C@@H]2C3)S(=O)(=O)c2ccc(C)cc2)c1. The molecule has 2 aromatic carbocycles. The number of aryl methyl sites for hydroxylation is 1. The van der Waals surface area contributed by atoms with Gasteiger partial charge in [-0.25, -0.2) is 8.42 Å². The van der Waals surface area contributed by atoms with E-state index in [9.17, 15) is 13.2 Å². The Kier molecular flexibility index (Phi) is 6.33. The zero-order valence-corrected chi connectivity index (χ0v) is 19.5. The summed E-state index contributed by atoms with van der Waals surface area (Å²) in [5.74, 6) is 1.67. The zero-order valence-electron chi connectivity index (χ0n) is 18.7. The first-order valence-corrected chi connectivity index (χ1v) is 12.4. The average Bonchev–Trinajstić information content (AvgIpc) is 3.40. The number of hydrogen-bond acceptors (Lipinski definition) is 5. The normalized spacial score (nSPS) is 21.9. The quantitative estimate of drug-likeness (QED) is 0.654. The molecule has 4 rings (SSSR count). The van der Waals surface area contributed by atoms with E-state index in [1.165, 1.54) is 20.6 Å². The van der Waals surface area contributed by atoms with E-state index in [-0.39, 0.29) is 29.1 Å². The number of nitrogens with one attached hydrogen (secondary N) is 1. The fraction of sp³-hybridized carbons (Fsp3) is 0.458. The number of carbonyl (C=O) groups excluding carboxylic acids is 1. The van der Waals surface area contributed by atoms with E-state index in [4.69, 9.17) is 9.47 Å². The number of sulfonamides is 1. The number of benzene rings is 2. The molecule has 0 aliphatic heterocycles. The Bertz CT molecular complexity index is 1080. The van der Waals surface area contributed by atoms with Crippen LogP contribution in [-0.4, -0.2) is 41.1 Å². The summed E-state index contributed by atoms with van der Waals surface area (Å²) >= 11 is 0. The molecular weight excluding hydrogens is 428 g/mol. The van der Waals surface area contributed by atoms with Gasteiger partial charge in [-0.3, -0.25) is 9.10 Å². The third kappa shape index (κ3) is 4.41.